The zero-order chi connectivity index (χ0) is 15.4. The molecule has 0 radical (unpaired) electrons. The van der Waals surface area contributed by atoms with E-state index in [-0.39, 0.29) is 11.9 Å². The predicted molar refractivity (Wildman–Crippen MR) is 87.1 cm³/mol. The molecule has 1 amide bonds. The number of pyridine rings is 1. The van der Waals surface area contributed by atoms with Crippen LogP contribution in [0.1, 0.15) is 20.8 Å². The fourth-order valence-electron chi connectivity index (χ4n) is 2.06. The molecule has 2 rings (SSSR count). The summed E-state index contributed by atoms with van der Waals surface area (Å²) in [6.07, 6.45) is 1.73. The quantitative estimate of drug-likeness (QED) is 0.737. The van der Waals surface area contributed by atoms with Gasteiger partial charge < -0.3 is 16.4 Å². The van der Waals surface area contributed by atoms with Crippen molar-refractivity contribution in [3.05, 3.63) is 30.5 Å². The van der Waals surface area contributed by atoms with Gasteiger partial charge in [-0.3, -0.25) is 9.78 Å². The second kappa shape index (κ2) is 6.43. The van der Waals surface area contributed by atoms with Crippen LogP contribution in [0, 0.1) is 5.92 Å². The van der Waals surface area contributed by atoms with Crippen molar-refractivity contribution < 1.29 is 4.79 Å². The van der Waals surface area contributed by atoms with Gasteiger partial charge >= 0.3 is 0 Å². The lowest BCUT2D eigenvalue weighted by Crippen LogP contribution is -2.39. The van der Waals surface area contributed by atoms with E-state index in [1.165, 1.54) is 0 Å². The summed E-state index contributed by atoms with van der Waals surface area (Å²) in [6, 6.07) is 7.18. The van der Waals surface area contributed by atoms with Crippen LogP contribution in [-0.4, -0.2) is 23.5 Å². The molecule has 21 heavy (non-hydrogen) atoms. The minimum Gasteiger partial charge on any atom is -0.397 e. The first-order chi connectivity index (χ1) is 9.99. The Kier molecular flexibility index (Phi) is 4.62. The van der Waals surface area contributed by atoms with Crippen LogP contribution in [-0.2, 0) is 4.79 Å². The van der Waals surface area contributed by atoms with E-state index >= 15 is 0 Å². The summed E-state index contributed by atoms with van der Waals surface area (Å²) in [5.74, 6) is 0.396. The number of aromatic nitrogens is 1. The number of carbonyl (C=O) groups excluding carboxylic acids is 1. The Bertz CT molecular complexity index is 639. The van der Waals surface area contributed by atoms with Crippen molar-refractivity contribution in [3.8, 4) is 0 Å². The van der Waals surface area contributed by atoms with Crippen molar-refractivity contribution in [1.82, 2.24) is 10.3 Å². The van der Waals surface area contributed by atoms with Gasteiger partial charge in [0.15, 0.2) is 0 Å². The van der Waals surface area contributed by atoms with Gasteiger partial charge in [-0.15, -0.1) is 0 Å². The standard InChI is InChI=1S/C16H22N4O/c1-10(2)9-19-16(21)11(3)20-14-7-6-13-12(15(14)17)5-4-8-18-13/h4-8,10-11,20H,9,17H2,1-3H3,(H,19,21). The highest BCUT2D eigenvalue weighted by molar-refractivity contribution is 5.98. The minimum absolute atomic E-state index is 0.0330. The maximum absolute atomic E-state index is 12.0. The fraction of sp³-hybridized carbons (Fsp3) is 0.375. The van der Waals surface area contributed by atoms with Crippen LogP contribution in [0.4, 0.5) is 11.4 Å². The number of hydrogen-bond donors (Lipinski definition) is 3. The van der Waals surface area contributed by atoms with Crippen molar-refractivity contribution in [2.45, 2.75) is 26.8 Å². The van der Waals surface area contributed by atoms with Crippen molar-refractivity contribution in [2.24, 2.45) is 5.92 Å². The van der Waals surface area contributed by atoms with E-state index < -0.39 is 0 Å². The zero-order valence-corrected chi connectivity index (χ0v) is 12.7. The molecule has 2 aromatic rings. The lowest BCUT2D eigenvalue weighted by molar-refractivity contribution is -0.121. The summed E-state index contributed by atoms with van der Waals surface area (Å²) >= 11 is 0. The Morgan fingerprint density at radius 3 is 2.76 bits per heavy atom. The number of benzene rings is 1. The first-order valence-electron chi connectivity index (χ1n) is 7.16. The average Bonchev–Trinajstić information content (AvgIpc) is 2.47. The molecule has 4 N–H and O–H groups in total. The maximum Gasteiger partial charge on any atom is 0.242 e. The number of nitrogens with one attached hydrogen (secondary N) is 2. The highest BCUT2D eigenvalue weighted by Gasteiger charge is 2.14. The van der Waals surface area contributed by atoms with Crippen molar-refractivity contribution in [3.63, 3.8) is 0 Å². The Morgan fingerprint density at radius 1 is 1.29 bits per heavy atom. The highest BCUT2D eigenvalue weighted by atomic mass is 16.2. The summed E-state index contributed by atoms with van der Waals surface area (Å²) in [5, 5.41) is 6.95. The number of nitrogens with zero attached hydrogens (tertiary/aromatic N) is 1. The monoisotopic (exact) mass is 286 g/mol. The Hall–Kier alpha value is -2.30. The third kappa shape index (κ3) is 3.62. The first kappa shape index (κ1) is 15.1. The summed E-state index contributed by atoms with van der Waals surface area (Å²) in [4.78, 5) is 16.3. The molecule has 1 aromatic carbocycles. The molecule has 5 nitrogen and oxygen atoms in total. The Morgan fingerprint density at radius 2 is 2.05 bits per heavy atom. The van der Waals surface area contributed by atoms with Crippen LogP contribution in [0.3, 0.4) is 0 Å². The molecule has 0 spiro atoms. The van der Waals surface area contributed by atoms with Gasteiger partial charge in [-0.2, -0.15) is 0 Å². The molecule has 0 saturated carbocycles. The summed E-state index contributed by atoms with van der Waals surface area (Å²) in [7, 11) is 0. The number of carbonyl (C=O) groups is 1. The number of fused-ring (bicyclic) bond motifs is 1. The van der Waals surface area contributed by atoms with Gasteiger partial charge in [0.25, 0.3) is 0 Å². The Labute approximate surface area is 124 Å². The van der Waals surface area contributed by atoms with Crippen molar-refractivity contribution in [1.29, 1.82) is 0 Å². The smallest absolute Gasteiger partial charge is 0.242 e. The second-order valence-electron chi connectivity index (χ2n) is 5.60. The largest absolute Gasteiger partial charge is 0.397 e. The number of hydrogen-bond acceptors (Lipinski definition) is 4. The molecule has 5 heteroatoms. The topological polar surface area (TPSA) is 80.0 Å². The fourth-order valence-corrected chi connectivity index (χ4v) is 2.06. The minimum atomic E-state index is -0.347. The maximum atomic E-state index is 12.0. The van der Waals surface area contributed by atoms with E-state index in [0.29, 0.717) is 18.2 Å². The van der Waals surface area contributed by atoms with Crippen molar-refractivity contribution in [2.75, 3.05) is 17.6 Å². The van der Waals surface area contributed by atoms with Gasteiger partial charge in [0.2, 0.25) is 5.91 Å². The van der Waals surface area contributed by atoms with Gasteiger partial charge in [-0.05, 0) is 37.1 Å². The number of nitrogens with two attached hydrogens (primary N) is 1. The molecule has 0 aliphatic carbocycles. The number of rotatable bonds is 5. The van der Waals surface area contributed by atoms with Crippen LogP contribution in [0.5, 0.6) is 0 Å². The average molecular weight is 286 g/mol. The molecule has 0 aliphatic rings. The molecule has 1 atom stereocenters. The highest BCUT2D eigenvalue weighted by Crippen LogP contribution is 2.27. The summed E-state index contributed by atoms with van der Waals surface area (Å²) in [6.45, 7) is 6.61. The van der Waals surface area contributed by atoms with Gasteiger partial charge in [-0.1, -0.05) is 13.8 Å². The lowest BCUT2D eigenvalue weighted by Gasteiger charge is -2.18. The molecule has 1 unspecified atom stereocenters. The van der Waals surface area contributed by atoms with Crippen LogP contribution in [0.25, 0.3) is 10.9 Å². The van der Waals surface area contributed by atoms with E-state index in [0.717, 1.165) is 16.6 Å². The van der Waals surface area contributed by atoms with Gasteiger partial charge in [0, 0.05) is 18.1 Å². The van der Waals surface area contributed by atoms with Crippen LogP contribution in [0.15, 0.2) is 30.5 Å². The SMILES string of the molecule is CC(C)CNC(=O)C(C)Nc1ccc2ncccc2c1N. The number of nitrogen functional groups attached to an aromatic ring is 1. The van der Waals surface area contributed by atoms with Crippen molar-refractivity contribution >= 4 is 28.2 Å². The molecule has 1 heterocycles. The summed E-state index contributed by atoms with van der Waals surface area (Å²) < 4.78 is 0. The van der Waals surface area contributed by atoms with Gasteiger partial charge in [0.05, 0.1) is 16.9 Å². The van der Waals surface area contributed by atoms with E-state index in [1.54, 1.807) is 6.20 Å². The second-order valence-corrected chi connectivity index (χ2v) is 5.60. The molecule has 1 aromatic heterocycles. The summed E-state index contributed by atoms with van der Waals surface area (Å²) in [5.41, 5.74) is 8.37. The molecule has 112 valence electrons. The van der Waals surface area contributed by atoms with Gasteiger partial charge in [0.1, 0.15) is 6.04 Å². The zero-order valence-electron chi connectivity index (χ0n) is 12.7. The van der Waals surface area contributed by atoms with E-state index in [1.807, 2.05) is 31.2 Å². The molecule has 0 bridgehead atoms. The molecular weight excluding hydrogens is 264 g/mol. The molecule has 0 saturated heterocycles. The normalized spacial score (nSPS) is 12.4. The van der Waals surface area contributed by atoms with Crippen LogP contribution < -0.4 is 16.4 Å². The third-order valence-corrected chi connectivity index (χ3v) is 3.28. The van der Waals surface area contributed by atoms with Gasteiger partial charge in [-0.25, -0.2) is 0 Å². The lowest BCUT2D eigenvalue weighted by atomic mass is 10.1. The van der Waals surface area contributed by atoms with Crippen LogP contribution in [0.2, 0.25) is 0 Å². The Balaban J connectivity index is 2.12. The van der Waals surface area contributed by atoms with E-state index in [2.05, 4.69) is 29.5 Å². The molecular formula is C16H22N4O. The number of anilines is 2. The molecule has 0 fully saturated rings. The van der Waals surface area contributed by atoms with E-state index in [4.69, 9.17) is 5.73 Å². The predicted octanol–water partition coefficient (Wildman–Crippen LogP) is 2.39. The van der Waals surface area contributed by atoms with E-state index in [9.17, 15) is 4.79 Å². The molecule has 0 aliphatic heterocycles. The van der Waals surface area contributed by atoms with Crippen LogP contribution >= 0.6 is 0 Å². The number of amides is 1. The third-order valence-electron chi connectivity index (χ3n) is 3.28. The first-order valence-corrected chi connectivity index (χ1v) is 7.16.